The fraction of sp³-hybridized carbons (Fsp3) is 0. The van der Waals surface area contributed by atoms with Gasteiger partial charge in [0.05, 0.1) is 0 Å². The molecule has 1 heterocycles. The molecule has 5 heteroatoms. The molecule has 0 spiro atoms. The molecule has 0 aliphatic heterocycles. The van der Waals surface area contributed by atoms with Crippen LogP contribution in [0.4, 0.5) is 5.82 Å². The van der Waals surface area contributed by atoms with E-state index in [2.05, 4.69) is 26.1 Å². The third-order valence-electron chi connectivity index (χ3n) is 1.82. The molecule has 0 unspecified atom stereocenters. The standard InChI is InChI=1S/C8H5BrN2O2/c9-4-1-2-5-6(3-4)7(11-13)10-8(5)12/h1-3,10,12H. The van der Waals surface area contributed by atoms with Crippen LogP contribution in [-0.4, -0.2) is 10.1 Å². The highest BCUT2D eigenvalue weighted by Crippen LogP contribution is 2.34. The summed E-state index contributed by atoms with van der Waals surface area (Å²) in [4.78, 5) is 12.8. The van der Waals surface area contributed by atoms with Gasteiger partial charge in [0.15, 0.2) is 11.7 Å². The molecule has 0 aliphatic carbocycles. The van der Waals surface area contributed by atoms with Gasteiger partial charge in [0.2, 0.25) is 0 Å². The van der Waals surface area contributed by atoms with Crippen LogP contribution >= 0.6 is 15.9 Å². The van der Waals surface area contributed by atoms with E-state index in [-0.39, 0.29) is 11.7 Å². The summed E-state index contributed by atoms with van der Waals surface area (Å²) < 4.78 is 0.837. The monoisotopic (exact) mass is 240 g/mol. The Labute approximate surface area is 81.7 Å². The van der Waals surface area contributed by atoms with Gasteiger partial charge in [-0.15, -0.1) is 4.91 Å². The van der Waals surface area contributed by atoms with Crippen molar-refractivity contribution in [3.8, 4) is 5.88 Å². The van der Waals surface area contributed by atoms with Gasteiger partial charge >= 0.3 is 0 Å². The molecule has 1 aromatic heterocycles. The summed E-state index contributed by atoms with van der Waals surface area (Å²) in [6.07, 6.45) is 0. The van der Waals surface area contributed by atoms with E-state index in [0.29, 0.717) is 10.8 Å². The Hall–Kier alpha value is -1.36. The van der Waals surface area contributed by atoms with Gasteiger partial charge in [0.1, 0.15) is 0 Å². The second kappa shape index (κ2) is 2.85. The van der Waals surface area contributed by atoms with E-state index in [1.807, 2.05) is 0 Å². The van der Waals surface area contributed by atoms with Crippen molar-refractivity contribution in [3.63, 3.8) is 0 Å². The summed E-state index contributed by atoms with van der Waals surface area (Å²) in [5.74, 6) is 0.117. The Bertz CT molecular complexity index is 478. The molecule has 0 radical (unpaired) electrons. The summed E-state index contributed by atoms with van der Waals surface area (Å²) in [7, 11) is 0. The molecule has 1 aromatic carbocycles. The van der Waals surface area contributed by atoms with E-state index in [1.54, 1.807) is 18.2 Å². The number of halogens is 1. The average Bonchev–Trinajstić information content (AvgIpc) is 2.42. The van der Waals surface area contributed by atoms with Crippen molar-refractivity contribution in [2.24, 2.45) is 5.18 Å². The van der Waals surface area contributed by atoms with Crippen LogP contribution in [0.5, 0.6) is 5.88 Å². The van der Waals surface area contributed by atoms with Crippen LogP contribution in [-0.2, 0) is 0 Å². The minimum atomic E-state index is -0.0305. The molecule has 0 bridgehead atoms. The normalized spacial score (nSPS) is 10.5. The van der Waals surface area contributed by atoms with Crippen molar-refractivity contribution in [2.75, 3.05) is 0 Å². The highest BCUT2D eigenvalue weighted by Gasteiger charge is 2.09. The molecule has 0 fully saturated rings. The molecule has 2 rings (SSSR count). The number of nitrogens with one attached hydrogen (secondary N) is 1. The number of hydrogen-bond donors (Lipinski definition) is 2. The molecule has 0 saturated carbocycles. The first-order valence-electron chi connectivity index (χ1n) is 3.56. The Morgan fingerprint density at radius 2 is 2.15 bits per heavy atom. The lowest BCUT2D eigenvalue weighted by molar-refractivity contribution is 0.463. The predicted molar refractivity (Wildman–Crippen MR) is 53.1 cm³/mol. The van der Waals surface area contributed by atoms with Crippen molar-refractivity contribution in [3.05, 3.63) is 27.6 Å². The molecule has 4 nitrogen and oxygen atoms in total. The number of H-pyrrole nitrogens is 1. The zero-order valence-electron chi connectivity index (χ0n) is 6.41. The van der Waals surface area contributed by atoms with E-state index in [0.717, 1.165) is 4.47 Å². The second-order valence-corrected chi connectivity index (χ2v) is 3.52. The molecular weight excluding hydrogens is 236 g/mol. The van der Waals surface area contributed by atoms with Gasteiger partial charge in [0.25, 0.3) is 0 Å². The summed E-state index contributed by atoms with van der Waals surface area (Å²) in [6, 6.07) is 5.21. The SMILES string of the molecule is O=Nc1[nH]c(O)c2ccc(Br)cc12. The largest absolute Gasteiger partial charge is 0.494 e. The van der Waals surface area contributed by atoms with E-state index in [9.17, 15) is 10.0 Å². The number of fused-ring (bicyclic) bond motifs is 1. The van der Waals surface area contributed by atoms with Gasteiger partial charge in [0, 0.05) is 15.2 Å². The van der Waals surface area contributed by atoms with Gasteiger partial charge < -0.3 is 10.1 Å². The number of nitrogens with zero attached hydrogens (tertiary/aromatic N) is 1. The number of aromatic nitrogens is 1. The Morgan fingerprint density at radius 3 is 2.85 bits per heavy atom. The summed E-state index contributed by atoms with van der Waals surface area (Å²) in [5.41, 5.74) is 0. The van der Waals surface area contributed by atoms with E-state index in [4.69, 9.17) is 0 Å². The van der Waals surface area contributed by atoms with Crippen molar-refractivity contribution in [2.45, 2.75) is 0 Å². The van der Waals surface area contributed by atoms with Crippen LogP contribution in [0.3, 0.4) is 0 Å². The average molecular weight is 241 g/mol. The van der Waals surface area contributed by atoms with Gasteiger partial charge in [-0.1, -0.05) is 15.9 Å². The third kappa shape index (κ3) is 1.21. The molecule has 13 heavy (non-hydrogen) atoms. The first-order chi connectivity index (χ1) is 6.22. The van der Waals surface area contributed by atoms with Crippen LogP contribution < -0.4 is 0 Å². The molecule has 66 valence electrons. The zero-order chi connectivity index (χ0) is 9.42. The molecule has 2 N–H and O–H groups in total. The summed E-state index contributed by atoms with van der Waals surface area (Å²) >= 11 is 3.27. The number of hydrogen-bond acceptors (Lipinski definition) is 3. The van der Waals surface area contributed by atoms with E-state index < -0.39 is 0 Å². The predicted octanol–water partition coefficient (Wildman–Crippen LogP) is 3.03. The van der Waals surface area contributed by atoms with E-state index in [1.165, 1.54) is 0 Å². The quantitative estimate of drug-likeness (QED) is 0.753. The van der Waals surface area contributed by atoms with Crippen molar-refractivity contribution in [1.82, 2.24) is 4.98 Å². The van der Waals surface area contributed by atoms with Crippen LogP contribution in [0.15, 0.2) is 27.8 Å². The first kappa shape index (κ1) is 8.25. The minimum Gasteiger partial charge on any atom is -0.494 e. The molecule has 2 aromatic rings. The maximum absolute atomic E-state index is 10.3. The molecule has 0 amide bonds. The van der Waals surface area contributed by atoms with Crippen molar-refractivity contribution < 1.29 is 5.11 Å². The number of rotatable bonds is 1. The van der Waals surface area contributed by atoms with Crippen LogP contribution in [0.2, 0.25) is 0 Å². The lowest BCUT2D eigenvalue weighted by Gasteiger charge is -1.90. The van der Waals surface area contributed by atoms with E-state index >= 15 is 0 Å². The smallest absolute Gasteiger partial charge is 0.198 e. The number of nitroso groups, excluding NO2 is 1. The third-order valence-corrected chi connectivity index (χ3v) is 2.31. The number of aromatic hydroxyl groups is 1. The maximum Gasteiger partial charge on any atom is 0.198 e. The lowest BCUT2D eigenvalue weighted by Crippen LogP contribution is -1.65. The van der Waals surface area contributed by atoms with Gasteiger partial charge in [-0.05, 0) is 23.4 Å². The van der Waals surface area contributed by atoms with Crippen molar-refractivity contribution in [1.29, 1.82) is 0 Å². The minimum absolute atomic E-state index is 0.0305. The Kier molecular flexibility index (Phi) is 1.81. The highest BCUT2D eigenvalue weighted by atomic mass is 79.9. The highest BCUT2D eigenvalue weighted by molar-refractivity contribution is 9.10. The van der Waals surface area contributed by atoms with Crippen LogP contribution in [0.1, 0.15) is 0 Å². The molecule has 0 saturated heterocycles. The van der Waals surface area contributed by atoms with Gasteiger partial charge in [-0.25, -0.2) is 0 Å². The summed E-state index contributed by atoms with van der Waals surface area (Å²) in [5, 5.41) is 13.3. The van der Waals surface area contributed by atoms with Crippen LogP contribution in [0, 0.1) is 4.91 Å². The number of aromatic amines is 1. The fourth-order valence-electron chi connectivity index (χ4n) is 1.24. The molecule has 0 atom stereocenters. The van der Waals surface area contributed by atoms with Crippen molar-refractivity contribution >= 4 is 32.5 Å². The molecular formula is C8H5BrN2O2. The topological polar surface area (TPSA) is 65.5 Å². The first-order valence-corrected chi connectivity index (χ1v) is 4.35. The Balaban J connectivity index is 2.89. The fourth-order valence-corrected chi connectivity index (χ4v) is 1.60. The second-order valence-electron chi connectivity index (χ2n) is 2.60. The van der Waals surface area contributed by atoms with Gasteiger partial charge in [-0.3, -0.25) is 0 Å². The maximum atomic E-state index is 10.3. The summed E-state index contributed by atoms with van der Waals surface area (Å²) in [6.45, 7) is 0. The molecule has 0 aliphatic rings. The lowest BCUT2D eigenvalue weighted by atomic mass is 10.2. The zero-order valence-corrected chi connectivity index (χ0v) is 8.00. The number of benzene rings is 1. The van der Waals surface area contributed by atoms with Gasteiger partial charge in [-0.2, -0.15) is 0 Å². The Morgan fingerprint density at radius 1 is 1.38 bits per heavy atom. The van der Waals surface area contributed by atoms with Crippen LogP contribution in [0.25, 0.3) is 10.8 Å².